The highest BCUT2D eigenvalue weighted by molar-refractivity contribution is 9.10. The summed E-state index contributed by atoms with van der Waals surface area (Å²) in [5.74, 6) is 0.968. The molecule has 2 aromatic heterocycles. The van der Waals surface area contributed by atoms with Crippen molar-refractivity contribution in [3.05, 3.63) is 41.0 Å². The number of rotatable bonds is 7. The summed E-state index contributed by atoms with van der Waals surface area (Å²) >= 11 is 3.47. The van der Waals surface area contributed by atoms with Gasteiger partial charge in [-0.15, -0.1) is 0 Å². The van der Waals surface area contributed by atoms with E-state index >= 15 is 0 Å². The van der Waals surface area contributed by atoms with E-state index in [-0.39, 0.29) is 17.6 Å². The molecule has 29 heavy (non-hydrogen) atoms. The van der Waals surface area contributed by atoms with E-state index in [1.165, 1.54) is 0 Å². The van der Waals surface area contributed by atoms with Crippen molar-refractivity contribution in [1.82, 2.24) is 19.9 Å². The number of para-hydroxylation sites is 1. The van der Waals surface area contributed by atoms with Gasteiger partial charge in [-0.25, -0.2) is 4.98 Å². The molecule has 1 aliphatic rings. The SMILES string of the molecule is O=C(NCCCNc1cc(-c2ccccc2O)nc2c(Br)cnn12)C1CCOC1. The second-order valence-electron chi connectivity index (χ2n) is 6.90. The largest absolute Gasteiger partial charge is 0.507 e. The average molecular weight is 460 g/mol. The summed E-state index contributed by atoms with van der Waals surface area (Å²) in [6.07, 6.45) is 3.24. The Kier molecular flexibility index (Phi) is 5.96. The Labute approximate surface area is 176 Å². The van der Waals surface area contributed by atoms with Crippen molar-refractivity contribution in [3.63, 3.8) is 0 Å². The Hall–Kier alpha value is -2.65. The first kappa shape index (κ1) is 19.7. The molecule has 3 N–H and O–H groups in total. The first-order valence-corrected chi connectivity index (χ1v) is 10.3. The second kappa shape index (κ2) is 8.79. The summed E-state index contributed by atoms with van der Waals surface area (Å²) in [5.41, 5.74) is 1.95. The Balaban J connectivity index is 1.44. The van der Waals surface area contributed by atoms with Gasteiger partial charge in [0.25, 0.3) is 0 Å². The normalized spacial score (nSPS) is 16.2. The zero-order chi connectivity index (χ0) is 20.2. The Morgan fingerprint density at radius 2 is 2.21 bits per heavy atom. The van der Waals surface area contributed by atoms with Gasteiger partial charge in [-0.05, 0) is 40.9 Å². The Morgan fingerprint density at radius 3 is 3.00 bits per heavy atom. The Bertz CT molecular complexity index is 1020. The van der Waals surface area contributed by atoms with E-state index < -0.39 is 0 Å². The molecule has 1 aliphatic heterocycles. The number of ether oxygens (including phenoxy) is 1. The number of phenolic OH excluding ortho intramolecular Hbond substituents is 1. The zero-order valence-electron chi connectivity index (χ0n) is 15.8. The van der Waals surface area contributed by atoms with Crippen molar-refractivity contribution >= 4 is 33.3 Å². The number of carbonyl (C=O) groups excluding carboxylic acids is 1. The van der Waals surface area contributed by atoms with Crippen LogP contribution in [0.1, 0.15) is 12.8 Å². The van der Waals surface area contributed by atoms with E-state index in [0.717, 1.165) is 23.1 Å². The maximum Gasteiger partial charge on any atom is 0.225 e. The molecule has 0 saturated carbocycles. The van der Waals surface area contributed by atoms with Gasteiger partial charge in [0.15, 0.2) is 5.65 Å². The van der Waals surface area contributed by atoms with E-state index in [0.29, 0.717) is 43.2 Å². The van der Waals surface area contributed by atoms with Gasteiger partial charge in [0.05, 0.1) is 28.9 Å². The first-order valence-electron chi connectivity index (χ1n) is 9.55. The highest BCUT2D eigenvalue weighted by Gasteiger charge is 2.22. The van der Waals surface area contributed by atoms with E-state index in [1.807, 2.05) is 18.2 Å². The number of nitrogens with zero attached hydrogens (tertiary/aromatic N) is 3. The van der Waals surface area contributed by atoms with E-state index in [9.17, 15) is 9.90 Å². The third-order valence-corrected chi connectivity index (χ3v) is 5.43. The van der Waals surface area contributed by atoms with Crippen LogP contribution in [0.3, 0.4) is 0 Å². The number of benzene rings is 1. The fraction of sp³-hybridized carbons (Fsp3) is 0.350. The second-order valence-corrected chi connectivity index (χ2v) is 7.76. The van der Waals surface area contributed by atoms with Crippen molar-refractivity contribution in [2.75, 3.05) is 31.6 Å². The van der Waals surface area contributed by atoms with Gasteiger partial charge < -0.3 is 20.5 Å². The van der Waals surface area contributed by atoms with Crippen LogP contribution in [0.5, 0.6) is 5.75 Å². The lowest BCUT2D eigenvalue weighted by Crippen LogP contribution is -2.32. The van der Waals surface area contributed by atoms with Gasteiger partial charge in [-0.1, -0.05) is 12.1 Å². The number of fused-ring (bicyclic) bond motifs is 1. The Morgan fingerprint density at radius 1 is 1.34 bits per heavy atom. The molecular weight excluding hydrogens is 438 g/mol. The lowest BCUT2D eigenvalue weighted by molar-refractivity contribution is -0.124. The first-order chi connectivity index (χ1) is 14.1. The molecule has 1 atom stereocenters. The zero-order valence-corrected chi connectivity index (χ0v) is 17.4. The lowest BCUT2D eigenvalue weighted by atomic mass is 10.1. The number of phenols is 1. The summed E-state index contributed by atoms with van der Waals surface area (Å²) in [5, 5.41) is 20.9. The van der Waals surface area contributed by atoms with Crippen LogP contribution in [0.25, 0.3) is 16.9 Å². The molecule has 3 aromatic rings. The minimum atomic E-state index is -0.0229. The van der Waals surface area contributed by atoms with Crippen LogP contribution >= 0.6 is 15.9 Å². The molecule has 9 heteroatoms. The maximum absolute atomic E-state index is 12.0. The number of carbonyl (C=O) groups is 1. The van der Waals surface area contributed by atoms with Crippen molar-refractivity contribution < 1.29 is 14.6 Å². The third kappa shape index (κ3) is 4.35. The summed E-state index contributed by atoms with van der Waals surface area (Å²) in [6, 6.07) is 8.95. The molecule has 3 heterocycles. The highest BCUT2D eigenvalue weighted by Crippen LogP contribution is 2.31. The summed E-state index contributed by atoms with van der Waals surface area (Å²) in [6.45, 7) is 2.42. The standard InChI is InChI=1S/C20H22BrN5O3/c21-15-11-24-26-18(22-7-3-8-23-20(28)13-6-9-29-12-13)10-16(25-19(15)26)14-4-1-2-5-17(14)27/h1-2,4-5,10-11,13,22,27H,3,6-9,12H2,(H,23,28). The molecule has 1 aromatic carbocycles. The molecule has 1 amide bonds. The third-order valence-electron chi connectivity index (χ3n) is 4.87. The molecule has 152 valence electrons. The minimum absolute atomic E-state index is 0.0229. The molecule has 0 spiro atoms. The number of hydrogen-bond acceptors (Lipinski definition) is 6. The van der Waals surface area contributed by atoms with Gasteiger partial charge in [0, 0.05) is 31.3 Å². The van der Waals surface area contributed by atoms with Crippen LogP contribution in [0.15, 0.2) is 41.0 Å². The fourth-order valence-corrected chi connectivity index (χ4v) is 3.64. The monoisotopic (exact) mass is 459 g/mol. The summed E-state index contributed by atoms with van der Waals surface area (Å²) < 4.78 is 7.73. The molecule has 0 bridgehead atoms. The van der Waals surface area contributed by atoms with E-state index in [2.05, 4.69) is 36.6 Å². The summed E-state index contributed by atoms with van der Waals surface area (Å²) in [4.78, 5) is 16.6. The molecule has 0 aliphatic carbocycles. The number of amides is 1. The maximum atomic E-state index is 12.0. The number of aromatic hydroxyl groups is 1. The van der Waals surface area contributed by atoms with E-state index in [4.69, 9.17) is 4.74 Å². The van der Waals surface area contributed by atoms with E-state index in [1.54, 1.807) is 22.8 Å². The van der Waals surface area contributed by atoms with Gasteiger partial charge in [-0.3, -0.25) is 4.79 Å². The van der Waals surface area contributed by atoms with Crippen LogP contribution in [-0.2, 0) is 9.53 Å². The smallest absolute Gasteiger partial charge is 0.225 e. The number of hydrogen-bond donors (Lipinski definition) is 3. The predicted molar refractivity (Wildman–Crippen MR) is 113 cm³/mol. The summed E-state index contributed by atoms with van der Waals surface area (Å²) in [7, 11) is 0. The van der Waals surface area contributed by atoms with Crippen LogP contribution in [0.2, 0.25) is 0 Å². The number of nitrogens with one attached hydrogen (secondary N) is 2. The number of anilines is 1. The van der Waals surface area contributed by atoms with Crippen molar-refractivity contribution in [1.29, 1.82) is 0 Å². The van der Waals surface area contributed by atoms with Crippen LogP contribution < -0.4 is 10.6 Å². The van der Waals surface area contributed by atoms with Gasteiger partial charge >= 0.3 is 0 Å². The quantitative estimate of drug-likeness (QED) is 0.469. The molecular formula is C20H22BrN5O3. The van der Waals surface area contributed by atoms with Gasteiger partial charge in [0.1, 0.15) is 11.6 Å². The number of aromatic nitrogens is 3. The molecule has 0 radical (unpaired) electrons. The van der Waals surface area contributed by atoms with Crippen molar-refractivity contribution in [2.24, 2.45) is 5.92 Å². The van der Waals surface area contributed by atoms with Gasteiger partial charge in [0.2, 0.25) is 5.91 Å². The molecule has 1 fully saturated rings. The van der Waals surface area contributed by atoms with Crippen LogP contribution in [0, 0.1) is 5.92 Å². The minimum Gasteiger partial charge on any atom is -0.507 e. The van der Waals surface area contributed by atoms with Crippen molar-refractivity contribution in [2.45, 2.75) is 12.8 Å². The topological polar surface area (TPSA) is 101 Å². The van der Waals surface area contributed by atoms with Crippen LogP contribution in [0.4, 0.5) is 5.82 Å². The van der Waals surface area contributed by atoms with Gasteiger partial charge in [-0.2, -0.15) is 9.61 Å². The molecule has 8 nitrogen and oxygen atoms in total. The highest BCUT2D eigenvalue weighted by atomic mass is 79.9. The average Bonchev–Trinajstić information content (AvgIpc) is 3.38. The van der Waals surface area contributed by atoms with Crippen molar-refractivity contribution in [3.8, 4) is 17.0 Å². The molecule has 1 saturated heterocycles. The fourth-order valence-electron chi connectivity index (χ4n) is 3.29. The van der Waals surface area contributed by atoms with Crippen LogP contribution in [-0.4, -0.2) is 51.9 Å². The molecule has 1 unspecified atom stereocenters. The number of halogens is 1. The predicted octanol–water partition coefficient (Wildman–Crippen LogP) is 2.82. The lowest BCUT2D eigenvalue weighted by Gasteiger charge is -2.12. The molecule has 4 rings (SSSR count).